The van der Waals surface area contributed by atoms with Gasteiger partial charge in [0.1, 0.15) is 0 Å². The van der Waals surface area contributed by atoms with Gasteiger partial charge in [-0.25, -0.2) is 4.98 Å². The van der Waals surface area contributed by atoms with Crippen molar-refractivity contribution in [2.45, 2.75) is 0 Å². The number of nitrogens with zero attached hydrogens (tertiary/aromatic N) is 3. The highest BCUT2D eigenvalue weighted by Crippen LogP contribution is 2.15. The maximum absolute atomic E-state index is 12.7. The normalized spacial score (nSPS) is 14.8. The molecule has 2 aromatic carbocycles. The predicted molar refractivity (Wildman–Crippen MR) is 112 cm³/mol. The Hall–Kier alpha value is -2.93. The summed E-state index contributed by atoms with van der Waals surface area (Å²) in [6.07, 6.45) is 5.02. The molecule has 1 N–H and O–H groups in total. The van der Waals surface area contributed by atoms with Gasteiger partial charge in [0.25, 0.3) is 5.91 Å². The van der Waals surface area contributed by atoms with E-state index in [1.54, 1.807) is 34.3 Å². The molecule has 0 bridgehead atoms. The number of imidazole rings is 1. The number of benzene rings is 2. The Morgan fingerprint density at radius 1 is 1.00 bits per heavy atom. The summed E-state index contributed by atoms with van der Waals surface area (Å²) in [5.74, 6) is -0.0598. The largest absolute Gasteiger partial charge is 0.345 e. The van der Waals surface area contributed by atoms with Crippen LogP contribution in [0.15, 0.2) is 59.3 Å². The second kappa shape index (κ2) is 7.98. The van der Waals surface area contributed by atoms with Crippen LogP contribution in [0.5, 0.6) is 0 Å². The van der Waals surface area contributed by atoms with Crippen LogP contribution >= 0.6 is 15.9 Å². The topological polar surface area (TPSA) is 69.3 Å². The van der Waals surface area contributed by atoms with E-state index in [-0.39, 0.29) is 11.8 Å². The van der Waals surface area contributed by atoms with E-state index in [1.807, 2.05) is 36.4 Å². The highest BCUT2D eigenvalue weighted by atomic mass is 79.9. The second-order valence-electron chi connectivity index (χ2n) is 6.64. The number of aromatic nitrogens is 2. The molecule has 2 heterocycles. The third-order valence-electron chi connectivity index (χ3n) is 4.84. The van der Waals surface area contributed by atoms with E-state index in [0.29, 0.717) is 31.7 Å². The van der Waals surface area contributed by atoms with Crippen molar-refractivity contribution >= 4 is 44.9 Å². The number of halogens is 1. The van der Waals surface area contributed by atoms with Gasteiger partial charge in [-0.2, -0.15) is 0 Å². The van der Waals surface area contributed by atoms with Gasteiger partial charge in [0.15, 0.2) is 0 Å². The van der Waals surface area contributed by atoms with Gasteiger partial charge in [-0.05, 0) is 42.0 Å². The first-order chi connectivity index (χ1) is 13.6. The van der Waals surface area contributed by atoms with Gasteiger partial charge in [0.2, 0.25) is 5.91 Å². The third-order valence-corrected chi connectivity index (χ3v) is 5.36. The Morgan fingerprint density at radius 3 is 2.46 bits per heavy atom. The third kappa shape index (κ3) is 3.99. The number of H-pyrrole nitrogens is 1. The molecule has 7 heteroatoms. The number of hydrogen-bond acceptors (Lipinski definition) is 3. The average Bonchev–Trinajstić information content (AvgIpc) is 3.20. The predicted octanol–water partition coefficient (Wildman–Crippen LogP) is 3.32. The molecule has 142 valence electrons. The zero-order valence-corrected chi connectivity index (χ0v) is 16.7. The lowest BCUT2D eigenvalue weighted by Gasteiger charge is -2.34. The van der Waals surface area contributed by atoms with E-state index in [4.69, 9.17) is 0 Å². The Bertz CT molecular complexity index is 1030. The maximum Gasteiger partial charge on any atom is 0.254 e. The molecular weight excluding hydrogens is 420 g/mol. The molecule has 3 aromatic rings. The van der Waals surface area contributed by atoms with Crippen molar-refractivity contribution in [1.29, 1.82) is 0 Å². The molecule has 0 atom stereocenters. The number of piperazine rings is 1. The number of hydrogen-bond donors (Lipinski definition) is 1. The molecule has 2 amide bonds. The first kappa shape index (κ1) is 18.4. The molecule has 1 aliphatic heterocycles. The molecular formula is C21H19BrN4O2. The lowest BCUT2D eigenvalue weighted by molar-refractivity contribution is -0.127. The van der Waals surface area contributed by atoms with Crippen LogP contribution in [0, 0.1) is 0 Å². The van der Waals surface area contributed by atoms with E-state index in [0.717, 1.165) is 21.1 Å². The van der Waals surface area contributed by atoms with Crippen molar-refractivity contribution < 1.29 is 9.59 Å². The van der Waals surface area contributed by atoms with Crippen LogP contribution in [0.3, 0.4) is 0 Å². The van der Waals surface area contributed by atoms with Crippen LogP contribution in [0.2, 0.25) is 0 Å². The van der Waals surface area contributed by atoms with Crippen molar-refractivity contribution in [2.24, 2.45) is 0 Å². The number of carbonyl (C=O) groups excluding carboxylic acids is 2. The molecule has 0 radical (unpaired) electrons. The first-order valence-electron chi connectivity index (χ1n) is 9.05. The van der Waals surface area contributed by atoms with Gasteiger partial charge in [-0.3, -0.25) is 9.59 Å². The van der Waals surface area contributed by atoms with E-state index in [9.17, 15) is 9.59 Å². The number of amides is 2. The van der Waals surface area contributed by atoms with Crippen LogP contribution in [-0.2, 0) is 4.79 Å². The van der Waals surface area contributed by atoms with Crippen molar-refractivity contribution in [3.05, 3.63) is 70.5 Å². The zero-order chi connectivity index (χ0) is 19.5. The lowest BCUT2D eigenvalue weighted by Crippen LogP contribution is -2.50. The Labute approximate surface area is 171 Å². The lowest BCUT2D eigenvalue weighted by atomic mass is 10.1. The van der Waals surface area contributed by atoms with Gasteiger partial charge in [-0.15, -0.1) is 0 Å². The summed E-state index contributed by atoms with van der Waals surface area (Å²) >= 11 is 3.40. The smallest absolute Gasteiger partial charge is 0.254 e. The average molecular weight is 439 g/mol. The minimum absolute atomic E-state index is 0.0256. The monoisotopic (exact) mass is 438 g/mol. The zero-order valence-electron chi connectivity index (χ0n) is 15.1. The van der Waals surface area contributed by atoms with Gasteiger partial charge < -0.3 is 14.8 Å². The summed E-state index contributed by atoms with van der Waals surface area (Å²) in [4.78, 5) is 35.9. The van der Waals surface area contributed by atoms with E-state index < -0.39 is 0 Å². The van der Waals surface area contributed by atoms with Crippen molar-refractivity contribution in [2.75, 3.05) is 26.2 Å². The molecule has 0 aliphatic carbocycles. The highest BCUT2D eigenvalue weighted by Gasteiger charge is 2.24. The summed E-state index contributed by atoms with van der Waals surface area (Å²) in [6.45, 7) is 2.10. The molecule has 1 fully saturated rings. The molecule has 4 rings (SSSR count). The van der Waals surface area contributed by atoms with Crippen molar-refractivity contribution in [3.8, 4) is 0 Å². The summed E-state index contributed by atoms with van der Waals surface area (Å²) < 4.78 is 1.00. The van der Waals surface area contributed by atoms with E-state index >= 15 is 0 Å². The van der Waals surface area contributed by atoms with Crippen molar-refractivity contribution in [3.63, 3.8) is 0 Å². The van der Waals surface area contributed by atoms with E-state index in [2.05, 4.69) is 25.9 Å². The van der Waals surface area contributed by atoms with Crippen LogP contribution in [-0.4, -0.2) is 57.8 Å². The number of rotatable bonds is 3. The molecule has 28 heavy (non-hydrogen) atoms. The fourth-order valence-corrected chi connectivity index (χ4v) is 3.49. The number of aromatic amines is 1. The van der Waals surface area contributed by atoms with Gasteiger partial charge in [-0.1, -0.05) is 28.1 Å². The Kier molecular flexibility index (Phi) is 5.25. The quantitative estimate of drug-likeness (QED) is 0.637. The van der Waals surface area contributed by atoms with Crippen LogP contribution in [0.4, 0.5) is 0 Å². The van der Waals surface area contributed by atoms with Crippen LogP contribution < -0.4 is 0 Å². The fourth-order valence-electron chi connectivity index (χ4n) is 3.22. The minimum atomic E-state index is -0.0343. The molecule has 0 saturated carbocycles. The maximum atomic E-state index is 12.7. The molecule has 1 aliphatic rings. The SMILES string of the molecule is O=C(C=Cc1ccc(Br)cc1)N1CCN(C(=O)c2ccc3[nH]cnc3c2)CC1. The molecule has 0 spiro atoms. The molecule has 1 aromatic heterocycles. The Balaban J connectivity index is 1.35. The number of nitrogens with one attached hydrogen (secondary N) is 1. The summed E-state index contributed by atoms with van der Waals surface area (Å²) in [6, 6.07) is 13.2. The summed E-state index contributed by atoms with van der Waals surface area (Å²) in [7, 11) is 0. The van der Waals surface area contributed by atoms with E-state index in [1.165, 1.54) is 0 Å². The minimum Gasteiger partial charge on any atom is -0.345 e. The van der Waals surface area contributed by atoms with Crippen LogP contribution in [0.25, 0.3) is 17.1 Å². The van der Waals surface area contributed by atoms with Gasteiger partial charge in [0.05, 0.1) is 17.4 Å². The highest BCUT2D eigenvalue weighted by molar-refractivity contribution is 9.10. The molecule has 1 saturated heterocycles. The van der Waals surface area contributed by atoms with Crippen LogP contribution in [0.1, 0.15) is 15.9 Å². The Morgan fingerprint density at radius 2 is 1.71 bits per heavy atom. The molecule has 6 nitrogen and oxygen atoms in total. The van der Waals surface area contributed by atoms with Gasteiger partial charge >= 0.3 is 0 Å². The first-order valence-corrected chi connectivity index (χ1v) is 9.84. The second-order valence-corrected chi connectivity index (χ2v) is 7.55. The van der Waals surface area contributed by atoms with Gasteiger partial charge in [0, 0.05) is 42.3 Å². The molecule has 0 unspecified atom stereocenters. The van der Waals surface area contributed by atoms with Crippen molar-refractivity contribution in [1.82, 2.24) is 19.8 Å². The summed E-state index contributed by atoms with van der Waals surface area (Å²) in [5.41, 5.74) is 3.27. The number of carbonyl (C=O) groups is 2. The fraction of sp³-hybridized carbons (Fsp3) is 0.190. The number of fused-ring (bicyclic) bond motifs is 1. The standard InChI is InChI=1S/C21H19BrN4O2/c22-17-5-1-15(2-6-17)3-8-20(27)25-9-11-26(12-10-25)21(28)16-4-7-18-19(13-16)24-14-23-18/h1-8,13-14H,9-12H2,(H,23,24). The summed E-state index contributed by atoms with van der Waals surface area (Å²) in [5, 5.41) is 0.